The Hall–Kier alpha value is -1.18. The molecule has 0 spiro atoms. The summed E-state index contributed by atoms with van der Waals surface area (Å²) in [6, 6.07) is 2.22. The average molecular weight is 284 g/mol. The normalized spacial score (nSPS) is 21.3. The molecule has 0 bridgehead atoms. The third kappa shape index (κ3) is 3.04. The molecule has 0 radical (unpaired) electrons. The third-order valence-electron chi connectivity index (χ3n) is 5.39. The first-order valence-corrected chi connectivity index (χ1v) is 8.80. The zero-order valence-electron chi connectivity index (χ0n) is 13.6. The largest absolute Gasteiger partial charge is 0.289 e. The number of fused-ring (bicyclic) bond motifs is 1. The number of aliphatic imine (C=N–C) groups is 1. The van der Waals surface area contributed by atoms with Gasteiger partial charge >= 0.3 is 0 Å². The SMILES string of the molecule is CCC(c1nccc2c1C(C)=NCCC2)C1CCCCC1. The van der Waals surface area contributed by atoms with Crippen molar-refractivity contribution in [2.75, 3.05) is 6.54 Å². The molecule has 2 heterocycles. The second kappa shape index (κ2) is 6.72. The zero-order chi connectivity index (χ0) is 14.7. The number of hydrogen-bond acceptors (Lipinski definition) is 2. The van der Waals surface area contributed by atoms with E-state index in [2.05, 4.69) is 19.9 Å². The zero-order valence-corrected chi connectivity index (χ0v) is 13.6. The highest BCUT2D eigenvalue weighted by atomic mass is 14.8. The van der Waals surface area contributed by atoms with Crippen LogP contribution in [0.4, 0.5) is 0 Å². The molecule has 1 aromatic heterocycles. The fourth-order valence-electron chi connectivity index (χ4n) is 4.31. The molecule has 1 saturated carbocycles. The van der Waals surface area contributed by atoms with Gasteiger partial charge in [0.1, 0.15) is 0 Å². The molecule has 1 unspecified atom stereocenters. The Balaban J connectivity index is 2.00. The van der Waals surface area contributed by atoms with Crippen LogP contribution in [0.1, 0.15) is 81.5 Å². The molecular weight excluding hydrogens is 256 g/mol. The Bertz CT molecular complexity index is 512. The van der Waals surface area contributed by atoms with Gasteiger partial charge in [0.05, 0.1) is 5.69 Å². The van der Waals surface area contributed by atoms with E-state index >= 15 is 0 Å². The van der Waals surface area contributed by atoms with E-state index in [1.807, 2.05) is 6.20 Å². The van der Waals surface area contributed by atoms with Crippen LogP contribution in [0.2, 0.25) is 0 Å². The Morgan fingerprint density at radius 3 is 2.76 bits per heavy atom. The standard InChI is InChI=1S/C19H28N2/c1-3-17(15-8-5-4-6-9-15)19-18-14(2)20-12-7-10-16(18)11-13-21-19/h11,13,15,17H,3-10,12H2,1-2H3. The molecule has 1 aliphatic heterocycles. The number of hydrogen-bond donors (Lipinski definition) is 0. The van der Waals surface area contributed by atoms with Gasteiger partial charge in [-0.2, -0.15) is 0 Å². The molecule has 1 aliphatic carbocycles. The summed E-state index contributed by atoms with van der Waals surface area (Å²) < 4.78 is 0. The van der Waals surface area contributed by atoms with Gasteiger partial charge in [0.2, 0.25) is 0 Å². The fraction of sp³-hybridized carbons (Fsp3) is 0.684. The lowest BCUT2D eigenvalue weighted by Gasteiger charge is -2.31. The van der Waals surface area contributed by atoms with Crippen molar-refractivity contribution in [1.29, 1.82) is 0 Å². The first-order chi connectivity index (χ1) is 10.3. The third-order valence-corrected chi connectivity index (χ3v) is 5.39. The van der Waals surface area contributed by atoms with E-state index in [0.29, 0.717) is 5.92 Å². The van der Waals surface area contributed by atoms with E-state index in [4.69, 9.17) is 9.98 Å². The second-order valence-electron chi connectivity index (χ2n) is 6.71. The number of aryl methyl sites for hydroxylation is 1. The van der Waals surface area contributed by atoms with Gasteiger partial charge in [-0.3, -0.25) is 9.98 Å². The Kier molecular flexibility index (Phi) is 4.72. The second-order valence-corrected chi connectivity index (χ2v) is 6.71. The summed E-state index contributed by atoms with van der Waals surface area (Å²) in [5.41, 5.74) is 5.45. The topological polar surface area (TPSA) is 25.2 Å². The van der Waals surface area contributed by atoms with Gasteiger partial charge in [-0.05, 0) is 56.6 Å². The van der Waals surface area contributed by atoms with Gasteiger partial charge in [0, 0.05) is 29.9 Å². The van der Waals surface area contributed by atoms with Crippen molar-refractivity contribution in [2.45, 2.75) is 71.1 Å². The van der Waals surface area contributed by atoms with Crippen molar-refractivity contribution in [3.05, 3.63) is 29.1 Å². The highest BCUT2D eigenvalue weighted by molar-refractivity contribution is 6.01. The van der Waals surface area contributed by atoms with Crippen LogP contribution in [0, 0.1) is 5.92 Å². The maximum atomic E-state index is 4.85. The molecule has 3 rings (SSSR count). The average Bonchev–Trinajstić information content (AvgIpc) is 2.72. The number of pyridine rings is 1. The van der Waals surface area contributed by atoms with Crippen molar-refractivity contribution >= 4 is 5.71 Å². The van der Waals surface area contributed by atoms with Crippen LogP contribution in [0.15, 0.2) is 17.3 Å². The summed E-state index contributed by atoms with van der Waals surface area (Å²) in [5, 5.41) is 0. The van der Waals surface area contributed by atoms with Crippen LogP contribution in [0.3, 0.4) is 0 Å². The minimum absolute atomic E-state index is 0.628. The van der Waals surface area contributed by atoms with Crippen molar-refractivity contribution in [3.63, 3.8) is 0 Å². The highest BCUT2D eigenvalue weighted by Crippen LogP contribution is 2.39. The molecule has 1 aromatic rings. The molecule has 0 saturated heterocycles. The Labute approximate surface area is 129 Å². The summed E-state index contributed by atoms with van der Waals surface area (Å²) in [6.07, 6.45) is 12.6. The van der Waals surface area contributed by atoms with Crippen molar-refractivity contribution < 1.29 is 0 Å². The van der Waals surface area contributed by atoms with Gasteiger partial charge < -0.3 is 0 Å². The molecule has 1 atom stereocenters. The van der Waals surface area contributed by atoms with E-state index in [-0.39, 0.29) is 0 Å². The summed E-state index contributed by atoms with van der Waals surface area (Å²) in [7, 11) is 0. The van der Waals surface area contributed by atoms with Gasteiger partial charge in [0.25, 0.3) is 0 Å². The quantitative estimate of drug-likeness (QED) is 0.774. The number of nitrogens with zero attached hydrogens (tertiary/aromatic N) is 2. The molecule has 2 aliphatic rings. The lowest BCUT2D eigenvalue weighted by Crippen LogP contribution is -2.20. The predicted octanol–water partition coefficient (Wildman–Crippen LogP) is 4.91. The molecule has 21 heavy (non-hydrogen) atoms. The van der Waals surface area contributed by atoms with Crippen LogP contribution in [0.5, 0.6) is 0 Å². The lowest BCUT2D eigenvalue weighted by molar-refractivity contribution is 0.295. The molecular formula is C19H28N2. The van der Waals surface area contributed by atoms with Gasteiger partial charge in [-0.15, -0.1) is 0 Å². The molecule has 2 heteroatoms. The molecule has 0 aromatic carbocycles. The van der Waals surface area contributed by atoms with E-state index in [1.54, 1.807) is 0 Å². The summed E-state index contributed by atoms with van der Waals surface area (Å²) in [6.45, 7) is 5.49. The van der Waals surface area contributed by atoms with Gasteiger partial charge in [0.15, 0.2) is 0 Å². The maximum Gasteiger partial charge on any atom is 0.0530 e. The maximum absolute atomic E-state index is 4.85. The van der Waals surface area contributed by atoms with Crippen LogP contribution in [-0.4, -0.2) is 17.2 Å². The van der Waals surface area contributed by atoms with Gasteiger partial charge in [-0.1, -0.05) is 26.2 Å². The fourth-order valence-corrected chi connectivity index (χ4v) is 4.31. The molecule has 1 fully saturated rings. The Morgan fingerprint density at radius 2 is 2.00 bits per heavy atom. The lowest BCUT2D eigenvalue weighted by atomic mass is 9.75. The van der Waals surface area contributed by atoms with E-state index < -0.39 is 0 Å². The number of rotatable bonds is 3. The van der Waals surface area contributed by atoms with Crippen LogP contribution < -0.4 is 0 Å². The van der Waals surface area contributed by atoms with Crippen LogP contribution >= 0.6 is 0 Å². The van der Waals surface area contributed by atoms with Crippen LogP contribution in [-0.2, 0) is 6.42 Å². The highest BCUT2D eigenvalue weighted by Gasteiger charge is 2.28. The van der Waals surface area contributed by atoms with E-state index in [9.17, 15) is 0 Å². The molecule has 114 valence electrons. The van der Waals surface area contributed by atoms with Crippen LogP contribution in [0.25, 0.3) is 0 Å². The minimum atomic E-state index is 0.628. The van der Waals surface area contributed by atoms with E-state index in [0.717, 1.165) is 18.9 Å². The molecule has 0 amide bonds. The number of aromatic nitrogens is 1. The summed E-state index contributed by atoms with van der Waals surface area (Å²) in [4.78, 5) is 9.61. The summed E-state index contributed by atoms with van der Waals surface area (Å²) in [5.74, 6) is 1.46. The first-order valence-electron chi connectivity index (χ1n) is 8.80. The molecule has 2 nitrogen and oxygen atoms in total. The Morgan fingerprint density at radius 1 is 1.19 bits per heavy atom. The van der Waals surface area contributed by atoms with Crippen molar-refractivity contribution in [1.82, 2.24) is 4.98 Å². The monoisotopic (exact) mass is 284 g/mol. The van der Waals surface area contributed by atoms with Gasteiger partial charge in [-0.25, -0.2) is 0 Å². The summed E-state index contributed by atoms with van der Waals surface area (Å²) >= 11 is 0. The molecule has 0 N–H and O–H groups in total. The first kappa shape index (κ1) is 14.7. The predicted molar refractivity (Wildman–Crippen MR) is 89.2 cm³/mol. The van der Waals surface area contributed by atoms with Crippen molar-refractivity contribution in [2.24, 2.45) is 10.9 Å². The van der Waals surface area contributed by atoms with Crippen molar-refractivity contribution in [3.8, 4) is 0 Å². The van der Waals surface area contributed by atoms with E-state index in [1.165, 1.54) is 67.5 Å². The minimum Gasteiger partial charge on any atom is -0.289 e. The smallest absolute Gasteiger partial charge is 0.0530 e.